The number of benzene rings is 2. The first kappa shape index (κ1) is 23.7. The van der Waals surface area contributed by atoms with E-state index in [2.05, 4.69) is 10.0 Å². The van der Waals surface area contributed by atoms with Crippen molar-refractivity contribution >= 4 is 15.9 Å². The molecule has 0 radical (unpaired) electrons. The van der Waals surface area contributed by atoms with Crippen LogP contribution in [0.15, 0.2) is 47.4 Å². The molecule has 0 unspecified atom stereocenters. The van der Waals surface area contributed by atoms with Crippen LogP contribution in [-0.2, 0) is 14.8 Å². The zero-order valence-electron chi connectivity index (χ0n) is 18.1. The number of hydrogen-bond acceptors (Lipinski definition) is 5. The number of carbonyl (C=O) groups is 1. The van der Waals surface area contributed by atoms with Gasteiger partial charge in [-0.1, -0.05) is 26.0 Å². The number of sulfonamides is 1. The molecule has 7 nitrogen and oxygen atoms in total. The summed E-state index contributed by atoms with van der Waals surface area (Å²) in [5, 5.41) is 2.88. The zero-order valence-corrected chi connectivity index (χ0v) is 18.9. The summed E-state index contributed by atoms with van der Waals surface area (Å²) < 4.78 is 38.0. The molecule has 0 fully saturated rings. The summed E-state index contributed by atoms with van der Waals surface area (Å²) in [6.07, 6.45) is 0. The van der Waals surface area contributed by atoms with E-state index in [1.165, 1.54) is 12.1 Å². The zero-order chi connectivity index (χ0) is 22.3. The molecular formula is C22H30N2O5S. The molecule has 2 N–H and O–H groups in total. The van der Waals surface area contributed by atoms with Crippen molar-refractivity contribution in [2.75, 3.05) is 20.3 Å². The highest BCUT2D eigenvalue weighted by molar-refractivity contribution is 7.89. The smallest absolute Gasteiger partial charge is 0.258 e. The predicted octanol–water partition coefficient (Wildman–Crippen LogP) is 3.19. The fraction of sp³-hybridized carbons (Fsp3) is 0.409. The monoisotopic (exact) mass is 434 g/mol. The van der Waals surface area contributed by atoms with Crippen molar-refractivity contribution in [1.29, 1.82) is 0 Å². The molecule has 0 bridgehead atoms. The number of methoxy groups -OCH3 is 1. The molecule has 30 heavy (non-hydrogen) atoms. The minimum Gasteiger partial charge on any atom is -0.497 e. The van der Waals surface area contributed by atoms with Crippen LogP contribution in [0.1, 0.15) is 37.9 Å². The molecular weight excluding hydrogens is 404 g/mol. The fourth-order valence-electron chi connectivity index (χ4n) is 2.71. The Labute approximate surface area is 178 Å². The van der Waals surface area contributed by atoms with Gasteiger partial charge in [0.1, 0.15) is 11.5 Å². The van der Waals surface area contributed by atoms with Crippen molar-refractivity contribution in [3.63, 3.8) is 0 Å². The molecule has 2 aromatic rings. The van der Waals surface area contributed by atoms with Crippen LogP contribution < -0.4 is 19.5 Å². The van der Waals surface area contributed by atoms with E-state index in [0.29, 0.717) is 17.9 Å². The third-order valence-electron chi connectivity index (χ3n) is 4.49. The molecule has 2 rings (SSSR count). The summed E-state index contributed by atoms with van der Waals surface area (Å²) in [7, 11) is -1.97. The molecule has 164 valence electrons. The maximum Gasteiger partial charge on any atom is 0.258 e. The molecule has 0 spiro atoms. The Hall–Kier alpha value is -2.58. The third kappa shape index (κ3) is 6.74. The number of ether oxygens (including phenoxy) is 2. The normalized spacial score (nSPS) is 12.5. The molecule has 0 aliphatic heterocycles. The van der Waals surface area contributed by atoms with Crippen LogP contribution in [0.4, 0.5) is 0 Å². The Morgan fingerprint density at radius 1 is 1.07 bits per heavy atom. The number of nitrogens with one attached hydrogen (secondary N) is 2. The first-order chi connectivity index (χ1) is 14.1. The minimum absolute atomic E-state index is 0.168. The van der Waals surface area contributed by atoms with Crippen molar-refractivity contribution in [1.82, 2.24) is 10.0 Å². The largest absolute Gasteiger partial charge is 0.497 e. The summed E-state index contributed by atoms with van der Waals surface area (Å²) in [4.78, 5) is 12.4. The molecule has 8 heteroatoms. The predicted molar refractivity (Wildman–Crippen MR) is 116 cm³/mol. The molecule has 0 aliphatic carbocycles. The van der Waals surface area contributed by atoms with E-state index in [1.54, 1.807) is 20.1 Å². The van der Waals surface area contributed by atoms with E-state index in [4.69, 9.17) is 9.47 Å². The second kappa shape index (κ2) is 10.4. The second-order valence-corrected chi connectivity index (χ2v) is 9.29. The van der Waals surface area contributed by atoms with Crippen LogP contribution in [-0.4, -0.2) is 34.6 Å². The van der Waals surface area contributed by atoms with Gasteiger partial charge in [-0.3, -0.25) is 4.79 Å². The van der Waals surface area contributed by atoms with E-state index in [0.717, 1.165) is 11.3 Å². The van der Waals surface area contributed by atoms with E-state index in [1.807, 2.05) is 45.0 Å². The van der Waals surface area contributed by atoms with Gasteiger partial charge in [-0.05, 0) is 61.2 Å². The molecule has 0 saturated carbocycles. The molecule has 1 atom stereocenters. The summed E-state index contributed by atoms with van der Waals surface area (Å²) in [6.45, 7) is 7.70. The van der Waals surface area contributed by atoms with E-state index < -0.39 is 10.0 Å². The van der Waals surface area contributed by atoms with Gasteiger partial charge in [0.25, 0.3) is 5.91 Å². The molecule has 0 heterocycles. The molecule has 1 amide bonds. The van der Waals surface area contributed by atoms with Crippen LogP contribution in [0.25, 0.3) is 0 Å². The van der Waals surface area contributed by atoms with Gasteiger partial charge in [0.2, 0.25) is 10.0 Å². The van der Waals surface area contributed by atoms with Crippen LogP contribution >= 0.6 is 0 Å². The number of hydrogen-bond donors (Lipinski definition) is 2. The van der Waals surface area contributed by atoms with Crippen molar-refractivity contribution < 1.29 is 22.7 Å². The first-order valence-corrected chi connectivity index (χ1v) is 11.3. The number of amides is 1. The summed E-state index contributed by atoms with van der Waals surface area (Å²) in [5.74, 6) is 1.15. The maximum absolute atomic E-state index is 12.3. The summed E-state index contributed by atoms with van der Waals surface area (Å²) >= 11 is 0. The van der Waals surface area contributed by atoms with Gasteiger partial charge in [-0.15, -0.1) is 0 Å². The van der Waals surface area contributed by atoms with Gasteiger partial charge in [0, 0.05) is 6.54 Å². The van der Waals surface area contributed by atoms with Crippen molar-refractivity contribution in [2.45, 2.75) is 38.6 Å². The van der Waals surface area contributed by atoms with Crippen LogP contribution in [0.2, 0.25) is 0 Å². The van der Waals surface area contributed by atoms with Gasteiger partial charge in [0.15, 0.2) is 6.61 Å². The number of rotatable bonds is 10. The number of aryl methyl sites for hydroxylation is 1. The van der Waals surface area contributed by atoms with Gasteiger partial charge in [-0.2, -0.15) is 0 Å². The lowest BCUT2D eigenvalue weighted by Crippen LogP contribution is -2.31. The fourth-order valence-corrected chi connectivity index (χ4v) is 4.01. The topological polar surface area (TPSA) is 93.7 Å². The lowest BCUT2D eigenvalue weighted by atomic mass is 10.1. The Balaban J connectivity index is 1.94. The molecule has 0 aromatic heterocycles. The van der Waals surface area contributed by atoms with Crippen LogP contribution in [0.5, 0.6) is 11.5 Å². The lowest BCUT2D eigenvalue weighted by Gasteiger charge is -2.16. The second-order valence-electron chi connectivity index (χ2n) is 7.52. The van der Waals surface area contributed by atoms with Crippen molar-refractivity contribution in [3.05, 3.63) is 53.6 Å². The Morgan fingerprint density at radius 3 is 2.30 bits per heavy atom. The highest BCUT2D eigenvalue weighted by Crippen LogP contribution is 2.22. The Kier molecular flexibility index (Phi) is 8.25. The first-order valence-electron chi connectivity index (χ1n) is 9.79. The molecule has 2 aromatic carbocycles. The van der Waals surface area contributed by atoms with Crippen molar-refractivity contribution in [3.8, 4) is 11.5 Å². The third-order valence-corrected chi connectivity index (χ3v) is 5.91. The lowest BCUT2D eigenvalue weighted by molar-refractivity contribution is -0.123. The highest BCUT2D eigenvalue weighted by atomic mass is 32.2. The average molecular weight is 435 g/mol. The van der Waals surface area contributed by atoms with Gasteiger partial charge >= 0.3 is 0 Å². The highest BCUT2D eigenvalue weighted by Gasteiger charge is 2.16. The molecule has 0 saturated heterocycles. The SMILES string of the molecule is COc1ccc([C@@H](C)NC(=O)COc2ccc(S(=O)(=O)NCC(C)C)cc2C)cc1. The Morgan fingerprint density at radius 2 is 1.73 bits per heavy atom. The van der Waals surface area contributed by atoms with Crippen LogP contribution in [0.3, 0.4) is 0 Å². The van der Waals surface area contributed by atoms with E-state index >= 15 is 0 Å². The van der Waals surface area contributed by atoms with Crippen molar-refractivity contribution in [2.24, 2.45) is 5.92 Å². The minimum atomic E-state index is -3.57. The summed E-state index contributed by atoms with van der Waals surface area (Å²) in [6, 6.07) is 11.8. The van der Waals surface area contributed by atoms with Gasteiger partial charge in [0.05, 0.1) is 18.0 Å². The Bertz CT molecular complexity index is 956. The van der Waals surface area contributed by atoms with E-state index in [9.17, 15) is 13.2 Å². The van der Waals surface area contributed by atoms with E-state index in [-0.39, 0.29) is 29.4 Å². The average Bonchev–Trinajstić information content (AvgIpc) is 2.71. The standard InChI is InChI=1S/C22H30N2O5S/c1-15(2)13-23-30(26,27)20-10-11-21(16(3)12-20)29-14-22(25)24-17(4)18-6-8-19(28-5)9-7-18/h6-12,15,17,23H,13-14H2,1-5H3,(H,24,25)/t17-/m1/s1. The summed E-state index contributed by atoms with van der Waals surface area (Å²) in [5.41, 5.74) is 1.59. The number of carbonyl (C=O) groups excluding carboxylic acids is 1. The molecule has 0 aliphatic rings. The maximum atomic E-state index is 12.3. The van der Waals surface area contributed by atoms with Gasteiger partial charge in [-0.25, -0.2) is 13.1 Å². The quantitative estimate of drug-likeness (QED) is 0.599. The van der Waals surface area contributed by atoms with Gasteiger partial charge < -0.3 is 14.8 Å². The van der Waals surface area contributed by atoms with Crippen LogP contribution in [0, 0.1) is 12.8 Å².